The van der Waals surface area contributed by atoms with Gasteiger partial charge in [-0.15, -0.1) is 0 Å². The van der Waals surface area contributed by atoms with E-state index in [1.165, 1.54) is 29.5 Å². The zero-order valence-corrected chi connectivity index (χ0v) is 19.5. The highest BCUT2D eigenvalue weighted by atomic mass is 32.2. The van der Waals surface area contributed by atoms with Gasteiger partial charge in [0, 0.05) is 25.3 Å². The van der Waals surface area contributed by atoms with Crippen molar-refractivity contribution >= 4 is 50.2 Å². The number of rotatable bonds is 7. The number of thiazole rings is 1. The molecule has 4 rings (SSSR count). The Morgan fingerprint density at radius 2 is 2.03 bits per heavy atom. The summed E-state index contributed by atoms with van der Waals surface area (Å²) in [6.45, 7) is 6.54. The van der Waals surface area contributed by atoms with Crippen LogP contribution in [0.2, 0.25) is 0 Å². The predicted octanol–water partition coefficient (Wildman–Crippen LogP) is 4.29. The van der Waals surface area contributed by atoms with Crippen LogP contribution in [0, 0.1) is 6.92 Å². The van der Waals surface area contributed by atoms with E-state index in [0.717, 1.165) is 48.7 Å². The summed E-state index contributed by atoms with van der Waals surface area (Å²) in [5, 5.41) is 4.33. The zero-order valence-electron chi connectivity index (χ0n) is 17.9. The van der Waals surface area contributed by atoms with Gasteiger partial charge >= 0.3 is 0 Å². The van der Waals surface area contributed by atoms with Gasteiger partial charge in [0.1, 0.15) is 4.70 Å². The number of carbonyl (C=O) groups is 1. The molecular weight excluding hydrogens is 430 g/mol. The van der Waals surface area contributed by atoms with Crippen LogP contribution in [0.3, 0.4) is 0 Å². The van der Waals surface area contributed by atoms with Crippen molar-refractivity contribution in [2.75, 3.05) is 29.1 Å². The summed E-state index contributed by atoms with van der Waals surface area (Å²) in [4.78, 5) is 37.2. The Kier molecular flexibility index (Phi) is 6.92. The Morgan fingerprint density at radius 3 is 2.77 bits per heavy atom. The van der Waals surface area contributed by atoms with Crippen LogP contribution in [-0.2, 0) is 11.3 Å². The van der Waals surface area contributed by atoms with Crippen molar-refractivity contribution in [2.24, 2.45) is 0 Å². The molecule has 0 saturated carbocycles. The maximum absolute atomic E-state index is 13.2. The van der Waals surface area contributed by atoms with Crippen molar-refractivity contribution in [1.29, 1.82) is 0 Å². The number of thioether (sulfide) groups is 1. The van der Waals surface area contributed by atoms with E-state index in [-0.39, 0.29) is 17.2 Å². The van der Waals surface area contributed by atoms with E-state index in [9.17, 15) is 9.59 Å². The quantitative estimate of drug-likeness (QED) is 0.421. The molecule has 1 aromatic carbocycles. The Balaban J connectivity index is 1.56. The van der Waals surface area contributed by atoms with Crippen molar-refractivity contribution in [1.82, 2.24) is 14.5 Å². The summed E-state index contributed by atoms with van der Waals surface area (Å²) in [6.07, 6.45) is 4.36. The average molecular weight is 458 g/mol. The maximum Gasteiger partial charge on any atom is 0.273 e. The first kappa shape index (κ1) is 21.8. The Bertz CT molecular complexity index is 1130. The summed E-state index contributed by atoms with van der Waals surface area (Å²) in [5.74, 6) is 0.0545. The molecule has 1 saturated heterocycles. The molecule has 3 aromatic rings. The number of nitrogens with one attached hydrogen (secondary N) is 1. The number of carbonyl (C=O) groups excluding carboxylic acids is 1. The summed E-state index contributed by atoms with van der Waals surface area (Å²) in [6, 6.07) is 7.69. The molecule has 0 bridgehead atoms. The molecule has 1 fully saturated rings. The topological polar surface area (TPSA) is 80.1 Å². The fraction of sp³-hybridized carbons (Fsp3) is 0.455. The Hall–Kier alpha value is -2.39. The summed E-state index contributed by atoms with van der Waals surface area (Å²) >= 11 is 2.72. The molecule has 1 N–H and O–H groups in total. The lowest BCUT2D eigenvalue weighted by Gasteiger charge is -2.25. The van der Waals surface area contributed by atoms with Crippen molar-refractivity contribution < 1.29 is 4.79 Å². The lowest BCUT2D eigenvalue weighted by Crippen LogP contribution is -2.29. The number of hydrogen-bond acceptors (Lipinski definition) is 7. The number of hydrogen-bond donors (Lipinski definition) is 1. The van der Waals surface area contributed by atoms with Crippen LogP contribution in [0.1, 0.15) is 38.2 Å². The number of benzene rings is 1. The predicted molar refractivity (Wildman–Crippen MR) is 129 cm³/mol. The van der Waals surface area contributed by atoms with Gasteiger partial charge < -0.3 is 10.2 Å². The molecule has 164 valence electrons. The first-order valence-electron chi connectivity index (χ1n) is 10.7. The number of piperidine rings is 1. The van der Waals surface area contributed by atoms with E-state index in [2.05, 4.69) is 20.2 Å². The van der Waals surface area contributed by atoms with E-state index in [1.54, 1.807) is 4.57 Å². The van der Waals surface area contributed by atoms with Gasteiger partial charge in [0.05, 0.1) is 5.75 Å². The lowest BCUT2D eigenvalue weighted by atomic mass is 10.1. The van der Waals surface area contributed by atoms with E-state index >= 15 is 0 Å². The third-order valence-electron chi connectivity index (χ3n) is 5.18. The Labute approximate surface area is 189 Å². The van der Waals surface area contributed by atoms with Crippen molar-refractivity contribution in [3.8, 4) is 0 Å². The fourth-order valence-electron chi connectivity index (χ4n) is 3.68. The maximum atomic E-state index is 13.2. The third kappa shape index (κ3) is 5.10. The molecule has 31 heavy (non-hydrogen) atoms. The molecule has 0 radical (unpaired) electrons. The molecule has 0 spiro atoms. The van der Waals surface area contributed by atoms with Gasteiger partial charge in [0.2, 0.25) is 5.91 Å². The highest BCUT2D eigenvalue weighted by Gasteiger charge is 2.20. The molecular formula is C22H27N5O2S2. The van der Waals surface area contributed by atoms with E-state index < -0.39 is 0 Å². The van der Waals surface area contributed by atoms with Crippen molar-refractivity contribution in [3.63, 3.8) is 0 Å². The van der Waals surface area contributed by atoms with Crippen molar-refractivity contribution in [3.05, 3.63) is 40.2 Å². The molecule has 7 nitrogen and oxygen atoms in total. The lowest BCUT2D eigenvalue weighted by molar-refractivity contribution is -0.113. The first-order chi connectivity index (χ1) is 15.0. The highest BCUT2D eigenvalue weighted by molar-refractivity contribution is 7.99. The molecule has 0 unspecified atom stereocenters. The Morgan fingerprint density at radius 1 is 1.23 bits per heavy atom. The second-order valence-corrected chi connectivity index (χ2v) is 9.67. The van der Waals surface area contributed by atoms with Crippen LogP contribution in [0.5, 0.6) is 0 Å². The van der Waals surface area contributed by atoms with E-state index in [0.29, 0.717) is 22.0 Å². The minimum absolute atomic E-state index is 0.0609. The third-order valence-corrected chi connectivity index (χ3v) is 7.25. The van der Waals surface area contributed by atoms with Gasteiger partial charge in [-0.2, -0.15) is 4.98 Å². The second-order valence-electron chi connectivity index (χ2n) is 7.75. The molecule has 1 amide bonds. The number of anilines is 2. The monoisotopic (exact) mass is 457 g/mol. The van der Waals surface area contributed by atoms with Crippen LogP contribution >= 0.6 is 23.1 Å². The molecule has 0 aliphatic carbocycles. The summed E-state index contributed by atoms with van der Waals surface area (Å²) < 4.78 is 2.29. The SMILES string of the molecule is CCCn1c(SCC(=O)Nc2cccc(C)c2)nc2nc(N3CCCCC3)sc2c1=O. The second kappa shape index (κ2) is 9.82. The minimum atomic E-state index is -0.125. The van der Waals surface area contributed by atoms with Gasteiger partial charge in [-0.25, -0.2) is 4.98 Å². The number of amides is 1. The van der Waals surface area contributed by atoms with Crippen LogP contribution in [0.4, 0.5) is 10.8 Å². The van der Waals surface area contributed by atoms with Gasteiger partial charge in [-0.3, -0.25) is 14.2 Å². The minimum Gasteiger partial charge on any atom is -0.348 e. The molecule has 1 aliphatic rings. The largest absolute Gasteiger partial charge is 0.348 e. The van der Waals surface area contributed by atoms with E-state index in [1.807, 2.05) is 38.1 Å². The molecule has 1 aliphatic heterocycles. The van der Waals surface area contributed by atoms with Crippen LogP contribution in [-0.4, -0.2) is 39.3 Å². The zero-order chi connectivity index (χ0) is 21.8. The first-order valence-corrected chi connectivity index (χ1v) is 12.5. The van der Waals surface area contributed by atoms with E-state index in [4.69, 9.17) is 0 Å². The molecule has 0 atom stereocenters. The molecule has 9 heteroatoms. The van der Waals surface area contributed by atoms with Crippen LogP contribution in [0.25, 0.3) is 10.3 Å². The number of aromatic nitrogens is 3. The molecule has 3 heterocycles. The van der Waals surface area contributed by atoms with Gasteiger partial charge in [-0.1, -0.05) is 42.2 Å². The van der Waals surface area contributed by atoms with Gasteiger partial charge in [0.15, 0.2) is 15.9 Å². The fourth-order valence-corrected chi connectivity index (χ4v) is 5.50. The number of fused-ring (bicyclic) bond motifs is 1. The van der Waals surface area contributed by atoms with Crippen LogP contribution in [0.15, 0.2) is 34.2 Å². The average Bonchev–Trinajstić information content (AvgIpc) is 3.20. The van der Waals surface area contributed by atoms with Crippen molar-refractivity contribution in [2.45, 2.75) is 51.2 Å². The molecule has 2 aromatic heterocycles. The summed E-state index contributed by atoms with van der Waals surface area (Å²) in [7, 11) is 0. The highest BCUT2D eigenvalue weighted by Crippen LogP contribution is 2.29. The number of nitrogens with zero attached hydrogens (tertiary/aromatic N) is 4. The normalized spacial score (nSPS) is 14.2. The summed E-state index contributed by atoms with van der Waals surface area (Å²) in [5.41, 5.74) is 2.28. The van der Waals surface area contributed by atoms with Gasteiger partial charge in [-0.05, 0) is 50.3 Å². The van der Waals surface area contributed by atoms with Gasteiger partial charge in [0.25, 0.3) is 5.56 Å². The standard InChI is InChI=1S/C22H27N5O2S2/c1-3-10-27-20(29)18-19(24-21(31-18)26-11-5-4-6-12-26)25-22(27)30-14-17(28)23-16-9-7-8-15(2)13-16/h7-9,13H,3-6,10-12,14H2,1-2H3,(H,23,28). The number of aryl methyl sites for hydroxylation is 1. The smallest absolute Gasteiger partial charge is 0.273 e. The van der Waals surface area contributed by atoms with Crippen LogP contribution < -0.4 is 15.8 Å².